The Kier molecular flexibility index (Phi) is 34.4. The highest BCUT2D eigenvalue weighted by atomic mass is 31.2. The first-order valence-electron chi connectivity index (χ1n) is 20.7. The Balaban J connectivity index is 4.50. The molecule has 9 nitrogen and oxygen atoms in total. The summed E-state index contributed by atoms with van der Waals surface area (Å²) in [6.45, 7) is 4.04. The zero-order valence-corrected chi connectivity index (χ0v) is 35.5. The average molecular weight is 778 g/mol. The van der Waals surface area contributed by atoms with Crippen LogP contribution in [0.4, 0.5) is 0 Å². The summed E-state index contributed by atoms with van der Waals surface area (Å²) >= 11 is 0. The lowest BCUT2D eigenvalue weighted by Gasteiger charge is -2.28. The number of carbonyl (C=O) groups is 2. The minimum absolute atomic E-state index is 0.0427. The monoisotopic (exact) mass is 778 g/mol. The number of ether oxygens (including phenoxy) is 2. The standard InChI is InChI=1S/C44H76NO8P/c1-6-8-10-12-14-16-18-20-22-24-26-28-30-32-34-36-43(46)50-40-42(41-52-54(48,49)51-39-38-45(3,4)5)53-44(47)37-35-33-31-29-27-25-23-21-19-17-15-13-11-9-7-2/h12-23,42H,6-11,24-41H2,1-5H3/b14-12+,15-13+,18-16+,19-17+,22-20+,23-21+/t42-/m1/s1. The number of phosphoric acid groups is 1. The maximum Gasteiger partial charge on any atom is 0.306 e. The van der Waals surface area contributed by atoms with Gasteiger partial charge in [0.2, 0.25) is 0 Å². The van der Waals surface area contributed by atoms with E-state index < -0.39 is 32.5 Å². The van der Waals surface area contributed by atoms with Crippen molar-refractivity contribution in [2.24, 2.45) is 0 Å². The molecule has 0 saturated heterocycles. The topological polar surface area (TPSA) is 111 Å². The van der Waals surface area contributed by atoms with Crippen molar-refractivity contribution in [3.63, 3.8) is 0 Å². The van der Waals surface area contributed by atoms with Crippen molar-refractivity contribution in [3.8, 4) is 0 Å². The lowest BCUT2D eigenvalue weighted by molar-refractivity contribution is -0.870. The van der Waals surface area contributed by atoms with Crippen LogP contribution in [-0.2, 0) is 32.7 Å². The Bertz CT molecular complexity index is 1150. The number of rotatable bonds is 36. The number of esters is 2. The predicted octanol–water partition coefficient (Wildman–Crippen LogP) is 10.8. The third-order valence-electron chi connectivity index (χ3n) is 8.32. The van der Waals surface area contributed by atoms with Gasteiger partial charge in [-0.3, -0.25) is 14.2 Å². The van der Waals surface area contributed by atoms with Crippen molar-refractivity contribution >= 4 is 19.8 Å². The fourth-order valence-electron chi connectivity index (χ4n) is 4.98. The molecule has 1 unspecified atom stereocenters. The number of hydrogen-bond donors (Lipinski definition) is 0. The SMILES string of the molecule is CCCC/C=C/C=C/C=C/CCCCCCCC(=O)OC[C@H](COP(=O)([O-])OCC[N+](C)(C)C)OC(=O)CCCCCCC/C=C/C=C/C=C/CCCC. The Morgan fingerprint density at radius 2 is 1.00 bits per heavy atom. The number of likely N-dealkylation sites (N-methyl/N-ethyl adjacent to an activating group) is 1. The lowest BCUT2D eigenvalue weighted by atomic mass is 10.1. The van der Waals surface area contributed by atoms with Crippen molar-refractivity contribution in [2.45, 2.75) is 148 Å². The summed E-state index contributed by atoms with van der Waals surface area (Å²) in [5.41, 5.74) is 0. The Morgan fingerprint density at radius 1 is 0.574 bits per heavy atom. The van der Waals surface area contributed by atoms with Gasteiger partial charge >= 0.3 is 11.9 Å². The number of nitrogens with zero attached hydrogens (tertiary/aromatic N) is 1. The van der Waals surface area contributed by atoms with Gasteiger partial charge in [-0.05, 0) is 51.4 Å². The maximum absolute atomic E-state index is 12.6. The molecule has 0 fully saturated rings. The third-order valence-corrected chi connectivity index (χ3v) is 9.29. The van der Waals surface area contributed by atoms with Gasteiger partial charge in [0.25, 0.3) is 7.82 Å². The number of allylic oxidation sites excluding steroid dienone is 12. The van der Waals surface area contributed by atoms with Gasteiger partial charge in [-0.25, -0.2) is 0 Å². The fraction of sp³-hybridized carbons (Fsp3) is 0.682. The molecule has 0 heterocycles. The number of hydrogen-bond acceptors (Lipinski definition) is 8. The van der Waals surface area contributed by atoms with Gasteiger partial charge in [0.1, 0.15) is 19.8 Å². The van der Waals surface area contributed by atoms with E-state index in [2.05, 4.69) is 86.8 Å². The summed E-state index contributed by atoms with van der Waals surface area (Å²) in [4.78, 5) is 37.4. The van der Waals surface area contributed by atoms with Crippen LogP contribution in [0, 0.1) is 0 Å². The quantitative estimate of drug-likeness (QED) is 0.0203. The summed E-state index contributed by atoms with van der Waals surface area (Å²) in [6, 6.07) is 0. The highest BCUT2D eigenvalue weighted by molar-refractivity contribution is 7.45. The van der Waals surface area contributed by atoms with Gasteiger partial charge in [-0.2, -0.15) is 0 Å². The highest BCUT2D eigenvalue weighted by Crippen LogP contribution is 2.38. The van der Waals surface area contributed by atoms with Crippen molar-refractivity contribution in [1.82, 2.24) is 0 Å². The average Bonchev–Trinajstić information content (AvgIpc) is 3.12. The van der Waals surface area contributed by atoms with Crippen molar-refractivity contribution in [1.29, 1.82) is 0 Å². The van der Waals surface area contributed by atoms with E-state index in [9.17, 15) is 19.0 Å². The van der Waals surface area contributed by atoms with E-state index in [1.54, 1.807) is 0 Å². The Hall–Kier alpha value is -2.55. The molecule has 0 N–H and O–H groups in total. The van der Waals surface area contributed by atoms with Gasteiger partial charge in [-0.1, -0.05) is 151 Å². The molecule has 310 valence electrons. The van der Waals surface area contributed by atoms with Crippen molar-refractivity contribution in [3.05, 3.63) is 72.9 Å². The molecule has 0 aromatic rings. The first-order valence-corrected chi connectivity index (χ1v) is 22.2. The summed E-state index contributed by atoms with van der Waals surface area (Å²) < 4.78 is 33.8. The molecule has 0 bridgehead atoms. The van der Waals surface area contributed by atoms with E-state index >= 15 is 0 Å². The second kappa shape index (κ2) is 36.1. The normalized spacial score (nSPS) is 14.4. The lowest BCUT2D eigenvalue weighted by Crippen LogP contribution is -2.37. The smallest absolute Gasteiger partial charge is 0.306 e. The van der Waals surface area contributed by atoms with E-state index in [4.69, 9.17) is 18.5 Å². The summed E-state index contributed by atoms with van der Waals surface area (Å²) in [7, 11) is 1.12. The molecule has 0 aliphatic heterocycles. The Labute approximate surface area is 329 Å². The first-order chi connectivity index (χ1) is 26.0. The van der Waals surface area contributed by atoms with Crippen LogP contribution in [0.15, 0.2) is 72.9 Å². The molecular weight excluding hydrogens is 701 g/mol. The van der Waals surface area contributed by atoms with Crippen molar-refractivity contribution < 1.29 is 42.1 Å². The molecular formula is C44H76NO8P. The zero-order valence-electron chi connectivity index (χ0n) is 34.6. The van der Waals surface area contributed by atoms with Gasteiger partial charge in [-0.15, -0.1) is 0 Å². The van der Waals surface area contributed by atoms with E-state index in [1.165, 1.54) is 25.7 Å². The Morgan fingerprint density at radius 3 is 1.46 bits per heavy atom. The molecule has 0 aromatic carbocycles. The van der Waals surface area contributed by atoms with Crippen LogP contribution < -0.4 is 4.89 Å². The molecule has 0 amide bonds. The third kappa shape index (κ3) is 39.2. The maximum atomic E-state index is 12.6. The van der Waals surface area contributed by atoms with E-state index in [1.807, 2.05) is 21.1 Å². The van der Waals surface area contributed by atoms with Gasteiger partial charge in [0.15, 0.2) is 6.10 Å². The molecule has 0 aliphatic rings. The molecule has 0 aromatic heterocycles. The highest BCUT2D eigenvalue weighted by Gasteiger charge is 2.21. The minimum Gasteiger partial charge on any atom is -0.756 e. The number of carbonyl (C=O) groups excluding carboxylic acids is 2. The predicted molar refractivity (Wildman–Crippen MR) is 222 cm³/mol. The van der Waals surface area contributed by atoms with E-state index in [0.717, 1.165) is 77.0 Å². The van der Waals surface area contributed by atoms with Crippen molar-refractivity contribution in [2.75, 3.05) is 47.5 Å². The summed E-state index contributed by atoms with van der Waals surface area (Å²) in [5.74, 6) is -0.890. The summed E-state index contributed by atoms with van der Waals surface area (Å²) in [6.07, 6.45) is 43.5. The molecule has 0 saturated carbocycles. The molecule has 0 aliphatic carbocycles. The van der Waals surface area contributed by atoms with E-state index in [0.29, 0.717) is 23.9 Å². The van der Waals surface area contributed by atoms with Gasteiger partial charge in [0, 0.05) is 12.8 Å². The number of unbranched alkanes of at least 4 members (excludes halogenated alkanes) is 14. The molecule has 54 heavy (non-hydrogen) atoms. The van der Waals surface area contributed by atoms with E-state index in [-0.39, 0.29) is 26.1 Å². The molecule has 2 atom stereocenters. The van der Waals surface area contributed by atoms with Gasteiger partial charge < -0.3 is 27.9 Å². The van der Waals surface area contributed by atoms with Gasteiger partial charge in [0.05, 0.1) is 27.7 Å². The molecule has 0 radical (unpaired) electrons. The first kappa shape index (κ1) is 51.5. The zero-order chi connectivity index (χ0) is 40.0. The number of quaternary nitrogens is 1. The van der Waals surface area contributed by atoms with Crippen LogP contribution in [0.1, 0.15) is 142 Å². The molecule has 0 rings (SSSR count). The van der Waals surface area contributed by atoms with Crippen LogP contribution >= 0.6 is 7.82 Å². The second-order valence-electron chi connectivity index (χ2n) is 14.8. The second-order valence-corrected chi connectivity index (χ2v) is 16.2. The summed E-state index contributed by atoms with van der Waals surface area (Å²) in [5, 5.41) is 0. The number of phosphoric ester groups is 1. The molecule has 0 spiro atoms. The van der Waals surface area contributed by atoms with Crippen LogP contribution in [0.3, 0.4) is 0 Å². The van der Waals surface area contributed by atoms with Crippen LogP contribution in [0.25, 0.3) is 0 Å². The van der Waals surface area contributed by atoms with Crippen LogP contribution in [-0.4, -0.2) is 70.0 Å². The largest absolute Gasteiger partial charge is 0.756 e. The van der Waals surface area contributed by atoms with Crippen LogP contribution in [0.5, 0.6) is 0 Å². The fourth-order valence-corrected chi connectivity index (χ4v) is 5.71. The molecule has 10 heteroatoms. The minimum atomic E-state index is -4.64. The van der Waals surface area contributed by atoms with Crippen LogP contribution in [0.2, 0.25) is 0 Å².